The van der Waals surface area contributed by atoms with E-state index in [0.29, 0.717) is 5.57 Å². The van der Waals surface area contributed by atoms with Gasteiger partial charge in [0, 0.05) is 5.57 Å². The molecular formula is C7H10N2O. The second-order valence-electron chi connectivity index (χ2n) is 1.81. The number of hydrogen-bond donors (Lipinski definition) is 1. The van der Waals surface area contributed by atoms with Crippen LogP contribution in [-0.2, 0) is 4.79 Å². The average molecular weight is 138 g/mol. The molecule has 0 radical (unpaired) electrons. The molecular weight excluding hydrogens is 128 g/mol. The van der Waals surface area contributed by atoms with Crippen LogP contribution in [0.4, 0.5) is 0 Å². The smallest absolute Gasteiger partial charge is 0.247 e. The molecule has 0 aromatic heterocycles. The second-order valence-corrected chi connectivity index (χ2v) is 1.81. The molecule has 0 aliphatic carbocycles. The minimum Gasteiger partial charge on any atom is -0.339 e. The average Bonchev–Trinajstić information content (AvgIpc) is 1.98. The molecule has 0 atom stereocenters. The first-order chi connectivity index (χ1) is 4.72. The van der Waals surface area contributed by atoms with Crippen LogP contribution in [0.25, 0.3) is 0 Å². The van der Waals surface area contributed by atoms with Gasteiger partial charge >= 0.3 is 0 Å². The van der Waals surface area contributed by atoms with Crippen molar-refractivity contribution in [2.24, 2.45) is 0 Å². The maximum absolute atomic E-state index is 10.8. The highest BCUT2D eigenvalue weighted by molar-refractivity contribution is 5.92. The van der Waals surface area contributed by atoms with Crippen LogP contribution < -0.4 is 5.32 Å². The Balaban J connectivity index is 3.77. The molecule has 0 aromatic carbocycles. The predicted molar refractivity (Wildman–Crippen MR) is 38.1 cm³/mol. The normalized spacial score (nSPS) is 10.3. The highest BCUT2D eigenvalue weighted by Crippen LogP contribution is 1.89. The summed E-state index contributed by atoms with van der Waals surface area (Å²) in [6.07, 6.45) is 1.70. The maximum Gasteiger partial charge on any atom is 0.247 e. The molecule has 0 saturated carbocycles. The van der Waals surface area contributed by atoms with Crippen molar-refractivity contribution >= 4 is 5.91 Å². The standard InChI is InChI=1S/C7H10N2O/c1-3-6(2)7(10)9-5-4-8/h3H,5H2,1-2H3,(H,9,10)/b6-3+. The minimum absolute atomic E-state index is 0.0734. The van der Waals surface area contributed by atoms with Gasteiger partial charge in [0.1, 0.15) is 6.54 Å². The van der Waals surface area contributed by atoms with Crippen molar-refractivity contribution in [3.63, 3.8) is 0 Å². The van der Waals surface area contributed by atoms with Crippen molar-refractivity contribution in [2.75, 3.05) is 6.54 Å². The van der Waals surface area contributed by atoms with Crippen molar-refractivity contribution in [1.29, 1.82) is 5.26 Å². The summed E-state index contributed by atoms with van der Waals surface area (Å²) in [5.41, 5.74) is 0.634. The van der Waals surface area contributed by atoms with Crippen LogP contribution in [0.15, 0.2) is 11.6 Å². The fourth-order valence-corrected chi connectivity index (χ4v) is 0.390. The van der Waals surface area contributed by atoms with Crippen molar-refractivity contribution in [1.82, 2.24) is 5.32 Å². The van der Waals surface area contributed by atoms with Gasteiger partial charge in [-0.2, -0.15) is 5.26 Å². The van der Waals surface area contributed by atoms with E-state index in [9.17, 15) is 4.79 Å². The molecule has 0 heterocycles. The van der Waals surface area contributed by atoms with E-state index in [1.54, 1.807) is 19.9 Å². The van der Waals surface area contributed by atoms with Crippen LogP contribution in [0.5, 0.6) is 0 Å². The van der Waals surface area contributed by atoms with E-state index >= 15 is 0 Å². The summed E-state index contributed by atoms with van der Waals surface area (Å²) in [5, 5.41) is 10.5. The van der Waals surface area contributed by atoms with E-state index in [-0.39, 0.29) is 12.5 Å². The number of nitrogens with zero attached hydrogens (tertiary/aromatic N) is 1. The third-order valence-corrected chi connectivity index (χ3v) is 1.12. The van der Waals surface area contributed by atoms with Crippen LogP contribution >= 0.6 is 0 Å². The Morgan fingerprint density at radius 2 is 2.40 bits per heavy atom. The highest BCUT2D eigenvalue weighted by Gasteiger charge is 1.98. The molecule has 0 fully saturated rings. The van der Waals surface area contributed by atoms with E-state index in [4.69, 9.17) is 5.26 Å². The first kappa shape index (κ1) is 8.70. The van der Waals surface area contributed by atoms with E-state index in [2.05, 4.69) is 5.32 Å². The number of nitrogens with one attached hydrogen (secondary N) is 1. The summed E-state index contributed by atoms with van der Waals surface area (Å²) in [5.74, 6) is -0.177. The quantitative estimate of drug-likeness (QED) is 0.448. The monoisotopic (exact) mass is 138 g/mol. The van der Waals surface area contributed by atoms with Crippen molar-refractivity contribution < 1.29 is 4.79 Å². The molecule has 0 bridgehead atoms. The molecule has 0 rings (SSSR count). The zero-order chi connectivity index (χ0) is 7.98. The molecule has 0 aliphatic heterocycles. The molecule has 3 nitrogen and oxygen atoms in total. The number of carbonyl (C=O) groups is 1. The molecule has 0 aliphatic rings. The summed E-state index contributed by atoms with van der Waals surface area (Å²) in [4.78, 5) is 10.8. The van der Waals surface area contributed by atoms with Gasteiger partial charge in [-0.05, 0) is 13.8 Å². The Kier molecular flexibility index (Phi) is 3.97. The van der Waals surface area contributed by atoms with Crippen LogP contribution in [0.2, 0.25) is 0 Å². The fraction of sp³-hybridized carbons (Fsp3) is 0.429. The lowest BCUT2D eigenvalue weighted by Crippen LogP contribution is -2.23. The van der Waals surface area contributed by atoms with Crippen molar-refractivity contribution in [3.05, 3.63) is 11.6 Å². The summed E-state index contributed by atoms with van der Waals surface area (Å²) in [6, 6.07) is 1.82. The van der Waals surface area contributed by atoms with E-state index < -0.39 is 0 Å². The number of rotatable bonds is 2. The second kappa shape index (κ2) is 4.57. The van der Waals surface area contributed by atoms with Gasteiger partial charge < -0.3 is 5.32 Å². The van der Waals surface area contributed by atoms with Gasteiger partial charge in [-0.1, -0.05) is 6.08 Å². The zero-order valence-corrected chi connectivity index (χ0v) is 6.14. The molecule has 3 heteroatoms. The number of amides is 1. The van der Waals surface area contributed by atoms with Crippen LogP contribution in [0.3, 0.4) is 0 Å². The summed E-state index contributed by atoms with van der Waals surface area (Å²) >= 11 is 0. The van der Waals surface area contributed by atoms with E-state index in [1.807, 2.05) is 6.07 Å². The van der Waals surface area contributed by atoms with Crippen LogP contribution in [-0.4, -0.2) is 12.5 Å². The third-order valence-electron chi connectivity index (χ3n) is 1.12. The Labute approximate surface area is 60.3 Å². The Morgan fingerprint density at radius 3 is 2.80 bits per heavy atom. The van der Waals surface area contributed by atoms with Gasteiger partial charge in [-0.3, -0.25) is 4.79 Å². The third kappa shape index (κ3) is 2.88. The molecule has 1 amide bonds. The Hall–Kier alpha value is -1.30. The molecule has 1 N–H and O–H groups in total. The van der Waals surface area contributed by atoms with Crippen LogP contribution in [0, 0.1) is 11.3 Å². The van der Waals surface area contributed by atoms with E-state index in [0.717, 1.165) is 0 Å². The lowest BCUT2D eigenvalue weighted by molar-refractivity contribution is -0.117. The lowest BCUT2D eigenvalue weighted by atomic mass is 10.3. The van der Waals surface area contributed by atoms with E-state index in [1.165, 1.54) is 0 Å². The Morgan fingerprint density at radius 1 is 1.80 bits per heavy atom. The molecule has 0 spiro atoms. The summed E-state index contributed by atoms with van der Waals surface area (Å²) in [7, 11) is 0. The van der Waals surface area contributed by atoms with Crippen molar-refractivity contribution in [2.45, 2.75) is 13.8 Å². The van der Waals surface area contributed by atoms with Gasteiger partial charge in [-0.25, -0.2) is 0 Å². The summed E-state index contributed by atoms with van der Waals surface area (Å²) < 4.78 is 0. The number of carbonyl (C=O) groups excluding carboxylic acids is 1. The maximum atomic E-state index is 10.8. The predicted octanol–water partition coefficient (Wildman–Crippen LogP) is 0.592. The zero-order valence-electron chi connectivity index (χ0n) is 6.14. The minimum atomic E-state index is -0.177. The number of nitriles is 1. The highest BCUT2D eigenvalue weighted by atomic mass is 16.1. The van der Waals surface area contributed by atoms with Gasteiger partial charge in [0.25, 0.3) is 0 Å². The molecule has 54 valence electrons. The molecule has 10 heavy (non-hydrogen) atoms. The topological polar surface area (TPSA) is 52.9 Å². The first-order valence-corrected chi connectivity index (χ1v) is 3.00. The number of allylic oxidation sites excluding steroid dienone is 1. The van der Waals surface area contributed by atoms with Gasteiger partial charge in [0.05, 0.1) is 6.07 Å². The van der Waals surface area contributed by atoms with Gasteiger partial charge in [-0.15, -0.1) is 0 Å². The Bertz CT molecular complexity index is 188. The SMILES string of the molecule is C/C=C(\C)C(=O)NCC#N. The largest absolute Gasteiger partial charge is 0.339 e. The summed E-state index contributed by atoms with van der Waals surface area (Å²) in [6.45, 7) is 3.55. The molecule has 0 aromatic rings. The fourth-order valence-electron chi connectivity index (χ4n) is 0.390. The van der Waals surface area contributed by atoms with Gasteiger partial charge in [0.2, 0.25) is 5.91 Å². The molecule has 0 saturated heterocycles. The van der Waals surface area contributed by atoms with Crippen molar-refractivity contribution in [3.8, 4) is 6.07 Å². The lowest BCUT2D eigenvalue weighted by Gasteiger charge is -1.97. The van der Waals surface area contributed by atoms with Gasteiger partial charge in [0.15, 0.2) is 0 Å². The van der Waals surface area contributed by atoms with Crippen LogP contribution in [0.1, 0.15) is 13.8 Å². The number of hydrogen-bond acceptors (Lipinski definition) is 2. The first-order valence-electron chi connectivity index (χ1n) is 3.00. The molecule has 0 unspecified atom stereocenters.